The van der Waals surface area contributed by atoms with Crippen LogP contribution in [-0.2, 0) is 14.3 Å². The van der Waals surface area contributed by atoms with Crippen LogP contribution in [0.1, 0.15) is 70.2 Å². The molecule has 0 aliphatic carbocycles. The Morgan fingerprint density at radius 1 is 1.04 bits per heavy atom. The summed E-state index contributed by atoms with van der Waals surface area (Å²) in [4.78, 5) is 36.0. The minimum atomic E-state index is -1.06. The van der Waals surface area contributed by atoms with Crippen LogP contribution in [0.4, 0.5) is 5.69 Å². The minimum Gasteiger partial charge on any atom is -0.464 e. The van der Waals surface area contributed by atoms with E-state index in [0.29, 0.717) is 17.7 Å². The molecule has 2 N–H and O–H groups in total. The molecule has 0 heterocycles. The first-order valence-electron chi connectivity index (χ1n) is 9.19. The number of nitrogens with one attached hydrogen (secondary N) is 2. The van der Waals surface area contributed by atoms with Crippen LogP contribution >= 0.6 is 0 Å². The van der Waals surface area contributed by atoms with Gasteiger partial charge in [0.25, 0.3) is 5.91 Å². The Labute approximate surface area is 155 Å². The van der Waals surface area contributed by atoms with Crippen LogP contribution < -0.4 is 10.6 Å². The van der Waals surface area contributed by atoms with Gasteiger partial charge >= 0.3 is 5.97 Å². The van der Waals surface area contributed by atoms with Crippen LogP contribution in [0.25, 0.3) is 0 Å². The Hall–Kier alpha value is -2.37. The van der Waals surface area contributed by atoms with Gasteiger partial charge < -0.3 is 15.4 Å². The molecule has 0 saturated carbocycles. The van der Waals surface area contributed by atoms with E-state index in [4.69, 9.17) is 4.74 Å². The minimum absolute atomic E-state index is 0.177. The van der Waals surface area contributed by atoms with E-state index >= 15 is 0 Å². The van der Waals surface area contributed by atoms with E-state index in [-0.39, 0.29) is 18.4 Å². The molecular weight excluding hydrogens is 332 g/mol. The van der Waals surface area contributed by atoms with Gasteiger partial charge in [-0.1, -0.05) is 32.6 Å². The van der Waals surface area contributed by atoms with E-state index < -0.39 is 11.5 Å². The number of carbonyl (C=O) groups is 3. The highest BCUT2D eigenvalue weighted by Gasteiger charge is 2.36. The molecule has 1 unspecified atom stereocenters. The lowest BCUT2D eigenvalue weighted by molar-refractivity contribution is -0.150. The van der Waals surface area contributed by atoms with Crippen LogP contribution in [0.5, 0.6) is 0 Å². The highest BCUT2D eigenvalue weighted by atomic mass is 16.5. The lowest BCUT2D eigenvalue weighted by Gasteiger charge is -2.28. The van der Waals surface area contributed by atoms with E-state index in [1.807, 2.05) is 0 Å². The van der Waals surface area contributed by atoms with Gasteiger partial charge in [-0.15, -0.1) is 0 Å². The number of benzene rings is 1. The first-order chi connectivity index (χ1) is 12.3. The number of hydrogen-bond acceptors (Lipinski definition) is 4. The molecular formula is C20H30N2O4. The predicted octanol–water partition coefficient (Wildman–Crippen LogP) is 3.67. The molecule has 26 heavy (non-hydrogen) atoms. The summed E-state index contributed by atoms with van der Waals surface area (Å²) in [6.07, 6.45) is 4.57. The monoisotopic (exact) mass is 362 g/mol. The number of rotatable bonds is 10. The zero-order valence-corrected chi connectivity index (χ0v) is 16.2. The zero-order valence-electron chi connectivity index (χ0n) is 16.2. The Bertz CT molecular complexity index is 613. The second-order valence-electron chi connectivity index (χ2n) is 6.58. The van der Waals surface area contributed by atoms with Crippen LogP contribution in [0, 0.1) is 0 Å². The lowest BCUT2D eigenvalue weighted by Crippen LogP contribution is -2.53. The van der Waals surface area contributed by atoms with Crippen molar-refractivity contribution in [2.24, 2.45) is 0 Å². The third-order valence-corrected chi connectivity index (χ3v) is 4.11. The van der Waals surface area contributed by atoms with E-state index in [9.17, 15) is 14.4 Å². The van der Waals surface area contributed by atoms with Crippen molar-refractivity contribution in [2.45, 2.75) is 65.3 Å². The van der Waals surface area contributed by atoms with Crippen molar-refractivity contribution in [2.75, 3.05) is 11.9 Å². The second kappa shape index (κ2) is 10.6. The molecule has 0 aliphatic heterocycles. The van der Waals surface area contributed by atoms with Gasteiger partial charge in [0.2, 0.25) is 5.91 Å². The molecule has 1 atom stereocenters. The second-order valence-corrected chi connectivity index (χ2v) is 6.58. The van der Waals surface area contributed by atoms with Crippen molar-refractivity contribution >= 4 is 23.5 Å². The maximum Gasteiger partial charge on any atom is 0.331 e. The van der Waals surface area contributed by atoms with E-state index in [1.54, 1.807) is 38.1 Å². The zero-order chi connectivity index (χ0) is 19.6. The Balaban J connectivity index is 2.82. The molecule has 0 radical (unpaired) electrons. The van der Waals surface area contributed by atoms with Gasteiger partial charge in [-0.05, 0) is 44.5 Å². The van der Waals surface area contributed by atoms with E-state index in [0.717, 1.165) is 25.7 Å². The normalized spacial score (nSPS) is 12.8. The third-order valence-electron chi connectivity index (χ3n) is 4.11. The van der Waals surface area contributed by atoms with Gasteiger partial charge in [0.05, 0.1) is 6.61 Å². The van der Waals surface area contributed by atoms with Crippen molar-refractivity contribution in [3.8, 4) is 0 Å². The molecule has 1 rings (SSSR count). The number of hydrogen-bond donors (Lipinski definition) is 2. The highest BCUT2D eigenvalue weighted by Crippen LogP contribution is 2.19. The molecule has 6 nitrogen and oxygen atoms in total. The Morgan fingerprint density at radius 2 is 1.69 bits per heavy atom. The highest BCUT2D eigenvalue weighted by molar-refractivity contribution is 5.98. The first kappa shape index (κ1) is 21.7. The van der Waals surface area contributed by atoms with Crippen molar-refractivity contribution in [1.29, 1.82) is 0 Å². The standard InChI is InChI=1S/C20H30N2O4/c1-5-7-8-9-14-20(4,19(25)26-6-2)22-18(24)16-10-12-17(13-11-16)21-15(3)23/h10-13H,5-9,14H2,1-4H3,(H,21,23)(H,22,24). The van der Waals surface area contributed by atoms with Gasteiger partial charge in [0, 0.05) is 18.2 Å². The molecule has 2 amide bonds. The average Bonchev–Trinajstić information content (AvgIpc) is 2.59. The fourth-order valence-electron chi connectivity index (χ4n) is 2.64. The number of esters is 1. The van der Waals surface area contributed by atoms with Gasteiger partial charge in [-0.3, -0.25) is 9.59 Å². The molecule has 144 valence electrons. The molecule has 0 aromatic heterocycles. The van der Waals surface area contributed by atoms with Gasteiger partial charge in [0.15, 0.2) is 0 Å². The molecule has 1 aromatic carbocycles. The average molecular weight is 362 g/mol. The molecule has 1 aromatic rings. The van der Waals surface area contributed by atoms with Crippen LogP contribution in [0.15, 0.2) is 24.3 Å². The predicted molar refractivity (Wildman–Crippen MR) is 102 cm³/mol. The molecule has 0 saturated heterocycles. The van der Waals surface area contributed by atoms with Gasteiger partial charge in [-0.2, -0.15) is 0 Å². The molecule has 0 spiro atoms. The number of ether oxygens (including phenoxy) is 1. The van der Waals surface area contributed by atoms with Crippen molar-refractivity contribution < 1.29 is 19.1 Å². The smallest absolute Gasteiger partial charge is 0.331 e. The quantitative estimate of drug-likeness (QED) is 0.491. The van der Waals surface area contributed by atoms with Gasteiger partial charge in [-0.25, -0.2) is 4.79 Å². The summed E-state index contributed by atoms with van der Waals surface area (Å²) in [5, 5.41) is 5.48. The SMILES string of the molecule is CCCCCCC(C)(NC(=O)c1ccc(NC(C)=O)cc1)C(=O)OCC. The summed E-state index contributed by atoms with van der Waals surface area (Å²) < 4.78 is 5.16. The molecule has 6 heteroatoms. The number of amides is 2. The Morgan fingerprint density at radius 3 is 2.23 bits per heavy atom. The third kappa shape index (κ3) is 6.86. The molecule has 0 aliphatic rings. The van der Waals surface area contributed by atoms with Crippen LogP contribution in [-0.4, -0.2) is 29.9 Å². The van der Waals surface area contributed by atoms with E-state index in [1.165, 1.54) is 6.92 Å². The summed E-state index contributed by atoms with van der Waals surface area (Å²) in [5.41, 5.74) is -0.0260. The van der Waals surface area contributed by atoms with Crippen molar-refractivity contribution in [3.05, 3.63) is 29.8 Å². The summed E-state index contributed by atoms with van der Waals surface area (Å²) >= 11 is 0. The van der Waals surface area contributed by atoms with Crippen molar-refractivity contribution in [3.63, 3.8) is 0 Å². The largest absolute Gasteiger partial charge is 0.464 e. The fourth-order valence-corrected chi connectivity index (χ4v) is 2.64. The summed E-state index contributed by atoms with van der Waals surface area (Å²) in [6, 6.07) is 6.53. The number of unbranched alkanes of at least 4 members (excludes halogenated alkanes) is 3. The van der Waals surface area contributed by atoms with Crippen LogP contribution in [0.3, 0.4) is 0 Å². The maximum atomic E-state index is 12.6. The fraction of sp³-hybridized carbons (Fsp3) is 0.550. The number of carbonyl (C=O) groups excluding carboxylic acids is 3. The molecule has 0 fully saturated rings. The number of anilines is 1. The van der Waals surface area contributed by atoms with E-state index in [2.05, 4.69) is 17.6 Å². The van der Waals surface area contributed by atoms with Crippen molar-refractivity contribution in [1.82, 2.24) is 5.32 Å². The van der Waals surface area contributed by atoms with Crippen LogP contribution in [0.2, 0.25) is 0 Å². The summed E-state index contributed by atoms with van der Waals surface area (Å²) in [6.45, 7) is 7.27. The molecule has 0 bridgehead atoms. The lowest BCUT2D eigenvalue weighted by atomic mass is 9.93. The maximum absolute atomic E-state index is 12.6. The summed E-state index contributed by atoms with van der Waals surface area (Å²) in [5.74, 6) is -0.936. The van der Waals surface area contributed by atoms with Gasteiger partial charge in [0.1, 0.15) is 5.54 Å². The topological polar surface area (TPSA) is 84.5 Å². The first-order valence-corrected chi connectivity index (χ1v) is 9.19. The summed E-state index contributed by atoms with van der Waals surface area (Å²) in [7, 11) is 0. The Kier molecular flexibility index (Phi) is 8.82.